The first-order valence-electron chi connectivity index (χ1n) is 7.47. The number of hydrogen-bond donors (Lipinski definition) is 1. The zero-order valence-electron chi connectivity index (χ0n) is 12.0. The largest absolute Gasteiger partial charge is 0.309 e. The smallest absolute Gasteiger partial charge is 0.0443 e. The Kier molecular flexibility index (Phi) is 5.05. The summed E-state index contributed by atoms with van der Waals surface area (Å²) in [5.74, 6) is 0.825. The molecule has 0 spiro atoms. The zero-order valence-corrected chi connectivity index (χ0v) is 15.2. The maximum Gasteiger partial charge on any atom is 0.0443 e. The van der Waals surface area contributed by atoms with E-state index in [-0.39, 0.29) is 0 Å². The van der Waals surface area contributed by atoms with Gasteiger partial charge in [-0.3, -0.25) is 0 Å². The predicted molar refractivity (Wildman–Crippen MR) is 96.2 cm³/mol. The van der Waals surface area contributed by atoms with Crippen molar-refractivity contribution < 1.29 is 0 Å². The molecule has 1 nitrogen and oxygen atoms in total. The number of hydrogen-bond acceptors (Lipinski definition) is 2. The molecule has 21 heavy (non-hydrogen) atoms. The zero-order chi connectivity index (χ0) is 14.8. The molecular formula is C17H19BrClNS. The van der Waals surface area contributed by atoms with E-state index in [1.807, 2.05) is 29.5 Å². The third-order valence-corrected chi connectivity index (χ3v) is 5.96. The first-order chi connectivity index (χ1) is 10.2. The predicted octanol–water partition coefficient (Wildman–Crippen LogP) is 6.28. The topological polar surface area (TPSA) is 12.0 Å². The Morgan fingerprint density at radius 2 is 2.14 bits per heavy atom. The highest BCUT2D eigenvalue weighted by molar-refractivity contribution is 9.10. The first-order valence-corrected chi connectivity index (χ1v) is 9.46. The molecular weight excluding hydrogens is 366 g/mol. The minimum absolute atomic E-state index is 0.529. The van der Waals surface area contributed by atoms with Crippen LogP contribution in [-0.2, 0) is 0 Å². The molecule has 4 heteroatoms. The molecule has 1 heterocycles. The Morgan fingerprint density at radius 3 is 2.86 bits per heavy atom. The molecule has 112 valence electrons. The van der Waals surface area contributed by atoms with Crippen molar-refractivity contribution in [1.29, 1.82) is 0 Å². The average Bonchev–Trinajstić information content (AvgIpc) is 3.19. The molecule has 1 saturated carbocycles. The van der Waals surface area contributed by atoms with Crippen molar-refractivity contribution in [3.63, 3.8) is 0 Å². The Morgan fingerprint density at radius 1 is 1.33 bits per heavy atom. The highest BCUT2D eigenvalue weighted by Gasteiger charge is 2.32. The van der Waals surface area contributed by atoms with Gasteiger partial charge in [0.25, 0.3) is 0 Å². The summed E-state index contributed by atoms with van der Waals surface area (Å²) in [6.07, 6.45) is 3.90. The maximum atomic E-state index is 6.14. The number of nitrogens with one attached hydrogen (secondary N) is 1. The summed E-state index contributed by atoms with van der Waals surface area (Å²) in [5, 5.41) is 4.49. The van der Waals surface area contributed by atoms with Gasteiger partial charge in [0.2, 0.25) is 0 Å². The molecule has 1 unspecified atom stereocenters. The lowest BCUT2D eigenvalue weighted by Gasteiger charge is -2.16. The van der Waals surface area contributed by atoms with Crippen LogP contribution in [0.1, 0.15) is 37.1 Å². The van der Waals surface area contributed by atoms with Gasteiger partial charge in [0.05, 0.1) is 0 Å². The average molecular weight is 385 g/mol. The molecule has 1 fully saturated rings. The fourth-order valence-corrected chi connectivity index (χ4v) is 4.55. The molecule has 0 bridgehead atoms. The lowest BCUT2D eigenvalue weighted by atomic mass is 10.1. The summed E-state index contributed by atoms with van der Waals surface area (Å²) in [6.45, 7) is 3.31. The fraction of sp³-hybridized carbons (Fsp3) is 0.412. The summed E-state index contributed by atoms with van der Waals surface area (Å²) in [5.41, 5.74) is 1.18. The maximum absolute atomic E-state index is 6.14. The summed E-state index contributed by atoms with van der Waals surface area (Å²) in [4.78, 5) is 2.73. The Balaban J connectivity index is 1.86. The lowest BCUT2D eigenvalue weighted by Crippen LogP contribution is -2.22. The Bertz CT molecular complexity index is 621. The molecule has 2 aromatic rings. The van der Waals surface area contributed by atoms with Crippen LogP contribution in [0.25, 0.3) is 10.4 Å². The van der Waals surface area contributed by atoms with Crippen LogP contribution in [0.4, 0.5) is 0 Å². The molecule has 1 aromatic heterocycles. The van der Waals surface area contributed by atoms with Crippen molar-refractivity contribution in [2.24, 2.45) is 5.92 Å². The van der Waals surface area contributed by atoms with Gasteiger partial charge in [-0.15, -0.1) is 11.3 Å². The van der Waals surface area contributed by atoms with E-state index in [0.717, 1.165) is 22.0 Å². The normalized spacial score (nSPS) is 16.1. The molecule has 0 amide bonds. The summed E-state index contributed by atoms with van der Waals surface area (Å²) in [6, 6.07) is 11.0. The van der Waals surface area contributed by atoms with E-state index in [9.17, 15) is 0 Å². The molecule has 0 aliphatic heterocycles. The van der Waals surface area contributed by atoms with Gasteiger partial charge in [-0.05, 0) is 62.1 Å². The van der Waals surface area contributed by atoms with Gasteiger partial charge in [0.15, 0.2) is 0 Å². The standard InChI is InChI=1S/C17H19BrClNS/c1-2-9-20-17(11-3-4-11)16-8-7-15(21-16)13-10-12(19)5-6-14(13)18/h5-8,10-11,17,20H,2-4,9H2,1H3. The highest BCUT2D eigenvalue weighted by atomic mass is 79.9. The third-order valence-electron chi connectivity index (χ3n) is 3.83. The van der Waals surface area contributed by atoms with Crippen molar-refractivity contribution in [2.75, 3.05) is 6.54 Å². The molecule has 1 atom stereocenters. The van der Waals surface area contributed by atoms with Gasteiger partial charge in [0, 0.05) is 30.9 Å². The molecule has 1 N–H and O–H groups in total. The molecule has 3 rings (SSSR count). The van der Waals surface area contributed by atoms with Crippen molar-refractivity contribution >= 4 is 38.9 Å². The monoisotopic (exact) mass is 383 g/mol. The quantitative estimate of drug-likeness (QED) is 0.618. The van der Waals surface area contributed by atoms with Gasteiger partial charge in [-0.2, -0.15) is 0 Å². The fourth-order valence-electron chi connectivity index (χ4n) is 2.58. The van der Waals surface area contributed by atoms with E-state index < -0.39 is 0 Å². The van der Waals surface area contributed by atoms with Crippen LogP contribution in [0, 0.1) is 5.92 Å². The molecule has 0 saturated heterocycles. The van der Waals surface area contributed by atoms with Crippen molar-refractivity contribution in [2.45, 2.75) is 32.2 Å². The number of rotatable bonds is 6. The van der Waals surface area contributed by atoms with Crippen LogP contribution in [-0.4, -0.2) is 6.54 Å². The minimum atomic E-state index is 0.529. The van der Waals surface area contributed by atoms with Crippen LogP contribution in [0.15, 0.2) is 34.8 Å². The van der Waals surface area contributed by atoms with Crippen LogP contribution >= 0.6 is 38.9 Å². The van der Waals surface area contributed by atoms with E-state index in [4.69, 9.17) is 11.6 Å². The van der Waals surface area contributed by atoms with Crippen LogP contribution < -0.4 is 5.32 Å². The van der Waals surface area contributed by atoms with Crippen LogP contribution in [0.2, 0.25) is 5.02 Å². The molecule has 0 radical (unpaired) electrons. The number of thiophene rings is 1. The van der Waals surface area contributed by atoms with Crippen LogP contribution in [0.5, 0.6) is 0 Å². The Labute approximate surface area is 143 Å². The highest BCUT2D eigenvalue weighted by Crippen LogP contribution is 2.45. The molecule has 1 aliphatic rings. The van der Waals surface area contributed by atoms with E-state index in [2.05, 4.69) is 40.3 Å². The molecule has 1 aromatic carbocycles. The van der Waals surface area contributed by atoms with Crippen LogP contribution in [0.3, 0.4) is 0 Å². The first kappa shape index (κ1) is 15.5. The second-order valence-corrected chi connectivity index (χ2v) is 8.00. The van der Waals surface area contributed by atoms with Gasteiger partial charge in [0.1, 0.15) is 0 Å². The SMILES string of the molecule is CCCNC(c1ccc(-c2cc(Cl)ccc2Br)s1)C1CC1. The summed E-state index contributed by atoms with van der Waals surface area (Å²) in [7, 11) is 0. The second kappa shape index (κ2) is 6.82. The summed E-state index contributed by atoms with van der Waals surface area (Å²) >= 11 is 11.7. The van der Waals surface area contributed by atoms with Gasteiger partial charge < -0.3 is 5.32 Å². The number of halogens is 2. The van der Waals surface area contributed by atoms with Crippen molar-refractivity contribution in [1.82, 2.24) is 5.32 Å². The van der Waals surface area contributed by atoms with E-state index in [1.54, 1.807) is 0 Å². The van der Waals surface area contributed by atoms with Crippen molar-refractivity contribution in [3.05, 3.63) is 44.7 Å². The van der Waals surface area contributed by atoms with E-state index in [0.29, 0.717) is 6.04 Å². The Hall–Kier alpha value is -0.350. The molecule has 1 aliphatic carbocycles. The van der Waals surface area contributed by atoms with Crippen molar-refractivity contribution in [3.8, 4) is 10.4 Å². The second-order valence-electron chi connectivity index (χ2n) is 5.60. The van der Waals surface area contributed by atoms with Gasteiger partial charge in [-0.1, -0.05) is 34.5 Å². The van der Waals surface area contributed by atoms with Gasteiger partial charge >= 0.3 is 0 Å². The third kappa shape index (κ3) is 3.70. The lowest BCUT2D eigenvalue weighted by molar-refractivity contribution is 0.488. The minimum Gasteiger partial charge on any atom is -0.309 e. The summed E-state index contributed by atoms with van der Waals surface area (Å²) < 4.78 is 1.10. The number of benzene rings is 1. The van der Waals surface area contributed by atoms with Gasteiger partial charge in [-0.25, -0.2) is 0 Å². The van der Waals surface area contributed by atoms with E-state index in [1.165, 1.54) is 34.6 Å². The van der Waals surface area contributed by atoms with E-state index >= 15 is 0 Å².